The fourth-order valence-electron chi connectivity index (χ4n) is 2.80. The molecule has 1 amide bonds. The van der Waals surface area contributed by atoms with Crippen LogP contribution in [0.25, 0.3) is 0 Å². The molecule has 2 aromatic rings. The van der Waals surface area contributed by atoms with Gasteiger partial charge in [-0.15, -0.1) is 0 Å². The maximum atomic E-state index is 12.5. The van der Waals surface area contributed by atoms with Crippen LogP contribution in [0.3, 0.4) is 0 Å². The Morgan fingerprint density at radius 2 is 2.09 bits per heavy atom. The first-order valence-electron chi connectivity index (χ1n) is 7.43. The van der Waals surface area contributed by atoms with Gasteiger partial charge >= 0.3 is 5.97 Å². The topological polar surface area (TPSA) is 96.5 Å². The van der Waals surface area contributed by atoms with Crippen LogP contribution >= 0.6 is 0 Å². The number of carboxylic acid groups (broad SMARTS) is 1. The van der Waals surface area contributed by atoms with E-state index in [1.807, 2.05) is 24.3 Å². The maximum absolute atomic E-state index is 12.5. The van der Waals surface area contributed by atoms with Crippen molar-refractivity contribution in [1.82, 2.24) is 15.0 Å². The number of carbonyl (C=O) groups excluding carboxylic acids is 1. The number of aliphatic carboxylic acids is 1. The van der Waals surface area contributed by atoms with Crippen molar-refractivity contribution in [2.45, 2.75) is 38.8 Å². The van der Waals surface area contributed by atoms with Crippen molar-refractivity contribution in [2.24, 2.45) is 0 Å². The summed E-state index contributed by atoms with van der Waals surface area (Å²) in [6.45, 7) is 2.02. The van der Waals surface area contributed by atoms with Crippen molar-refractivity contribution in [2.75, 3.05) is 0 Å². The van der Waals surface area contributed by atoms with Gasteiger partial charge in [-0.1, -0.05) is 29.4 Å². The molecule has 0 fully saturated rings. The number of carbonyl (C=O) groups is 2. The summed E-state index contributed by atoms with van der Waals surface area (Å²) in [7, 11) is 0. The van der Waals surface area contributed by atoms with Gasteiger partial charge in [0.15, 0.2) is 5.82 Å². The SMILES string of the molecule is Cc1noc(CCC(=O)N2Cc3ccccc3CC2C(=O)O)n1. The van der Waals surface area contributed by atoms with E-state index < -0.39 is 12.0 Å². The molecule has 0 spiro atoms. The maximum Gasteiger partial charge on any atom is 0.326 e. The lowest BCUT2D eigenvalue weighted by atomic mass is 9.93. The van der Waals surface area contributed by atoms with Crippen LogP contribution in [0.2, 0.25) is 0 Å². The number of amides is 1. The summed E-state index contributed by atoms with van der Waals surface area (Å²) in [5.41, 5.74) is 1.98. The van der Waals surface area contributed by atoms with E-state index >= 15 is 0 Å². The standard InChI is InChI=1S/C16H17N3O4/c1-10-17-14(23-18-10)6-7-15(20)19-9-12-5-3-2-4-11(12)8-13(19)16(21)22/h2-5,13H,6-9H2,1H3,(H,21,22). The van der Waals surface area contributed by atoms with Gasteiger partial charge in [-0.05, 0) is 18.1 Å². The molecule has 0 bridgehead atoms. The van der Waals surface area contributed by atoms with E-state index in [-0.39, 0.29) is 12.3 Å². The third-order valence-electron chi connectivity index (χ3n) is 3.98. The minimum atomic E-state index is -0.985. The number of aryl methyl sites for hydroxylation is 2. The Hall–Kier alpha value is -2.70. The molecule has 2 heterocycles. The number of fused-ring (bicyclic) bond motifs is 1. The molecule has 1 aromatic carbocycles. The zero-order valence-corrected chi connectivity index (χ0v) is 12.7. The number of nitrogens with zero attached hydrogens (tertiary/aromatic N) is 3. The molecule has 1 aliphatic rings. The number of rotatable bonds is 4. The van der Waals surface area contributed by atoms with Gasteiger partial charge in [0.2, 0.25) is 11.8 Å². The van der Waals surface area contributed by atoms with Gasteiger partial charge in [-0.25, -0.2) is 4.79 Å². The Morgan fingerprint density at radius 1 is 1.35 bits per heavy atom. The van der Waals surface area contributed by atoms with E-state index in [0.29, 0.717) is 31.1 Å². The second kappa shape index (κ2) is 6.20. The van der Waals surface area contributed by atoms with Crippen molar-refractivity contribution in [1.29, 1.82) is 0 Å². The highest BCUT2D eigenvalue weighted by molar-refractivity contribution is 5.84. The predicted octanol–water partition coefficient (Wildman–Crippen LogP) is 1.35. The molecule has 1 N–H and O–H groups in total. The van der Waals surface area contributed by atoms with E-state index in [9.17, 15) is 14.7 Å². The molecule has 1 aliphatic heterocycles. The summed E-state index contributed by atoms with van der Waals surface area (Å²) >= 11 is 0. The van der Waals surface area contributed by atoms with Crippen molar-refractivity contribution in [3.05, 3.63) is 47.1 Å². The normalized spacial score (nSPS) is 16.9. The van der Waals surface area contributed by atoms with Gasteiger partial charge in [0.1, 0.15) is 6.04 Å². The van der Waals surface area contributed by atoms with Crippen LogP contribution in [0.4, 0.5) is 0 Å². The smallest absolute Gasteiger partial charge is 0.326 e. The van der Waals surface area contributed by atoms with Gasteiger partial charge in [-0.3, -0.25) is 4.79 Å². The molecule has 120 valence electrons. The van der Waals surface area contributed by atoms with Gasteiger partial charge in [-0.2, -0.15) is 4.98 Å². The Bertz CT molecular complexity index is 740. The Morgan fingerprint density at radius 3 is 2.74 bits per heavy atom. The summed E-state index contributed by atoms with van der Waals surface area (Å²) in [6, 6.07) is 6.78. The van der Waals surface area contributed by atoms with Gasteiger partial charge < -0.3 is 14.5 Å². The van der Waals surface area contributed by atoms with Crippen LogP contribution in [0.5, 0.6) is 0 Å². The second-order valence-electron chi connectivity index (χ2n) is 5.58. The van der Waals surface area contributed by atoms with E-state index in [1.165, 1.54) is 4.90 Å². The van der Waals surface area contributed by atoms with Gasteiger partial charge in [0, 0.05) is 25.8 Å². The van der Waals surface area contributed by atoms with Gasteiger partial charge in [0.25, 0.3) is 0 Å². The minimum absolute atomic E-state index is 0.146. The van der Waals surface area contributed by atoms with Crippen LogP contribution in [-0.4, -0.2) is 38.1 Å². The number of carboxylic acids is 1. The van der Waals surface area contributed by atoms with Crippen LogP contribution in [-0.2, 0) is 29.0 Å². The lowest BCUT2D eigenvalue weighted by molar-refractivity contribution is -0.151. The fraction of sp³-hybridized carbons (Fsp3) is 0.375. The van der Waals surface area contributed by atoms with Crippen molar-refractivity contribution >= 4 is 11.9 Å². The van der Waals surface area contributed by atoms with Crippen LogP contribution < -0.4 is 0 Å². The Balaban J connectivity index is 1.73. The molecule has 0 aliphatic carbocycles. The summed E-state index contributed by atoms with van der Waals surface area (Å²) in [5.74, 6) is -0.299. The highest BCUT2D eigenvalue weighted by Gasteiger charge is 2.34. The van der Waals surface area contributed by atoms with Crippen LogP contribution in [0, 0.1) is 6.92 Å². The second-order valence-corrected chi connectivity index (χ2v) is 5.58. The molecular weight excluding hydrogens is 298 g/mol. The summed E-state index contributed by atoms with van der Waals surface area (Å²) in [6.07, 6.45) is 0.786. The van der Waals surface area contributed by atoms with Crippen molar-refractivity contribution in [3.8, 4) is 0 Å². The first-order valence-corrected chi connectivity index (χ1v) is 7.43. The largest absolute Gasteiger partial charge is 0.480 e. The first kappa shape index (κ1) is 15.2. The Labute approximate surface area is 132 Å². The lowest BCUT2D eigenvalue weighted by Crippen LogP contribution is -2.48. The molecule has 7 heteroatoms. The molecule has 0 saturated heterocycles. The molecule has 1 atom stereocenters. The summed E-state index contributed by atoms with van der Waals surface area (Å²) in [5, 5.41) is 13.1. The average molecular weight is 315 g/mol. The molecule has 23 heavy (non-hydrogen) atoms. The van der Waals surface area contributed by atoms with E-state index in [2.05, 4.69) is 10.1 Å². The highest BCUT2D eigenvalue weighted by atomic mass is 16.5. The van der Waals surface area contributed by atoms with E-state index in [0.717, 1.165) is 11.1 Å². The number of benzene rings is 1. The van der Waals surface area contributed by atoms with Gasteiger partial charge in [0.05, 0.1) is 0 Å². The zero-order valence-electron chi connectivity index (χ0n) is 12.7. The number of hydrogen-bond donors (Lipinski definition) is 1. The van der Waals surface area contributed by atoms with Crippen LogP contribution in [0.1, 0.15) is 29.3 Å². The quantitative estimate of drug-likeness (QED) is 0.915. The molecule has 0 radical (unpaired) electrons. The molecular formula is C16H17N3O4. The summed E-state index contributed by atoms with van der Waals surface area (Å²) < 4.78 is 4.98. The van der Waals surface area contributed by atoms with E-state index in [1.54, 1.807) is 6.92 Å². The van der Waals surface area contributed by atoms with E-state index in [4.69, 9.17) is 4.52 Å². The number of aromatic nitrogens is 2. The molecule has 7 nitrogen and oxygen atoms in total. The summed E-state index contributed by atoms with van der Waals surface area (Å²) in [4.78, 5) is 29.5. The predicted molar refractivity (Wildman–Crippen MR) is 79.5 cm³/mol. The third kappa shape index (κ3) is 3.23. The lowest BCUT2D eigenvalue weighted by Gasteiger charge is -2.34. The average Bonchev–Trinajstić information content (AvgIpc) is 2.96. The molecule has 1 aromatic heterocycles. The molecule has 1 unspecified atom stereocenters. The monoisotopic (exact) mass is 315 g/mol. The highest BCUT2D eigenvalue weighted by Crippen LogP contribution is 2.24. The van der Waals surface area contributed by atoms with Crippen molar-refractivity contribution < 1.29 is 19.2 Å². The third-order valence-corrected chi connectivity index (χ3v) is 3.98. The molecule has 0 saturated carbocycles. The first-order chi connectivity index (χ1) is 11.0. The van der Waals surface area contributed by atoms with Crippen LogP contribution in [0.15, 0.2) is 28.8 Å². The van der Waals surface area contributed by atoms with Crippen molar-refractivity contribution in [3.63, 3.8) is 0 Å². The zero-order chi connectivity index (χ0) is 16.4. The number of hydrogen-bond acceptors (Lipinski definition) is 5. The fourth-order valence-corrected chi connectivity index (χ4v) is 2.80. The molecule has 3 rings (SSSR count). The Kier molecular flexibility index (Phi) is 4.10. The minimum Gasteiger partial charge on any atom is -0.480 e.